The van der Waals surface area contributed by atoms with Crippen molar-refractivity contribution in [1.29, 1.82) is 0 Å². The Hall–Kier alpha value is -2.04. The molecule has 0 spiro atoms. The molecule has 1 unspecified atom stereocenters. The van der Waals surface area contributed by atoms with Crippen LogP contribution in [0.4, 0.5) is 0 Å². The molecule has 1 aromatic rings. The van der Waals surface area contributed by atoms with Gasteiger partial charge < -0.3 is 15.1 Å². The second-order valence-corrected chi connectivity index (χ2v) is 4.45. The number of benzene rings is 1. The molecule has 2 N–H and O–H groups in total. The average Bonchev–Trinajstić information content (AvgIpc) is 2.27. The molecule has 1 atom stereocenters. The first kappa shape index (κ1) is 14.0. The Morgan fingerprint density at radius 2 is 2.00 bits per heavy atom. The fourth-order valence-corrected chi connectivity index (χ4v) is 1.60. The highest BCUT2D eigenvalue weighted by Crippen LogP contribution is 2.20. The molecule has 0 aromatic heterocycles. The van der Waals surface area contributed by atoms with Gasteiger partial charge in [-0.05, 0) is 24.6 Å². The largest absolute Gasteiger partial charge is 0.507 e. The van der Waals surface area contributed by atoms with Crippen LogP contribution in [0.1, 0.15) is 22.8 Å². The van der Waals surface area contributed by atoms with Gasteiger partial charge in [0.25, 0.3) is 5.91 Å². The third kappa shape index (κ3) is 3.23. The first-order valence-corrected chi connectivity index (χ1v) is 5.60. The number of rotatable bonds is 4. The fourth-order valence-electron chi connectivity index (χ4n) is 1.60. The smallest absolute Gasteiger partial charge is 0.308 e. The SMILES string of the molecule is Cc1ccc(C(=O)N(C)CC(C)C(=O)O)c(O)c1. The lowest BCUT2D eigenvalue weighted by atomic mass is 10.1. The molecule has 0 heterocycles. The van der Waals surface area contributed by atoms with Gasteiger partial charge in [-0.15, -0.1) is 0 Å². The lowest BCUT2D eigenvalue weighted by molar-refractivity contribution is -0.141. The molecule has 0 saturated carbocycles. The van der Waals surface area contributed by atoms with Crippen LogP contribution in [0.2, 0.25) is 0 Å². The van der Waals surface area contributed by atoms with E-state index in [-0.39, 0.29) is 23.8 Å². The number of carbonyl (C=O) groups is 2. The average molecular weight is 251 g/mol. The highest BCUT2D eigenvalue weighted by Gasteiger charge is 2.20. The summed E-state index contributed by atoms with van der Waals surface area (Å²) in [5.41, 5.74) is 1.03. The Balaban J connectivity index is 2.83. The molecule has 1 amide bonds. The minimum absolute atomic E-state index is 0.0881. The maximum atomic E-state index is 12.0. The molecule has 0 aliphatic carbocycles. The van der Waals surface area contributed by atoms with E-state index < -0.39 is 11.9 Å². The number of nitrogens with zero attached hydrogens (tertiary/aromatic N) is 1. The molecule has 1 aromatic carbocycles. The van der Waals surface area contributed by atoms with E-state index in [0.717, 1.165) is 5.56 Å². The van der Waals surface area contributed by atoms with Crippen molar-refractivity contribution in [3.63, 3.8) is 0 Å². The number of carboxylic acids is 1. The summed E-state index contributed by atoms with van der Waals surface area (Å²) in [7, 11) is 1.51. The monoisotopic (exact) mass is 251 g/mol. The van der Waals surface area contributed by atoms with Crippen LogP contribution < -0.4 is 0 Å². The van der Waals surface area contributed by atoms with E-state index in [4.69, 9.17) is 5.11 Å². The van der Waals surface area contributed by atoms with Gasteiger partial charge in [0.05, 0.1) is 11.5 Å². The molecule has 5 heteroatoms. The molecule has 18 heavy (non-hydrogen) atoms. The molecule has 5 nitrogen and oxygen atoms in total. The number of aryl methyl sites for hydroxylation is 1. The van der Waals surface area contributed by atoms with Crippen LogP contribution in [-0.2, 0) is 4.79 Å². The van der Waals surface area contributed by atoms with Gasteiger partial charge in [-0.3, -0.25) is 9.59 Å². The normalized spacial score (nSPS) is 11.9. The van der Waals surface area contributed by atoms with Crippen LogP contribution in [0.5, 0.6) is 5.75 Å². The van der Waals surface area contributed by atoms with Gasteiger partial charge in [0.15, 0.2) is 0 Å². The second kappa shape index (κ2) is 5.53. The molecular formula is C13H17NO4. The number of hydrogen-bond donors (Lipinski definition) is 2. The molecule has 1 rings (SSSR count). The summed E-state index contributed by atoms with van der Waals surface area (Å²) in [6.45, 7) is 3.44. The topological polar surface area (TPSA) is 77.8 Å². The molecular weight excluding hydrogens is 234 g/mol. The van der Waals surface area contributed by atoms with Crippen molar-refractivity contribution < 1.29 is 19.8 Å². The number of phenols is 1. The highest BCUT2D eigenvalue weighted by molar-refractivity contribution is 5.96. The highest BCUT2D eigenvalue weighted by atomic mass is 16.4. The Morgan fingerprint density at radius 3 is 2.50 bits per heavy atom. The van der Waals surface area contributed by atoms with Crippen LogP contribution in [0.15, 0.2) is 18.2 Å². The van der Waals surface area contributed by atoms with Crippen LogP contribution in [0.3, 0.4) is 0 Å². The van der Waals surface area contributed by atoms with Gasteiger partial charge in [0, 0.05) is 13.6 Å². The maximum Gasteiger partial charge on any atom is 0.308 e. The van der Waals surface area contributed by atoms with E-state index in [2.05, 4.69) is 0 Å². The quantitative estimate of drug-likeness (QED) is 0.850. The molecule has 0 aliphatic heterocycles. The molecule has 0 aliphatic rings. The maximum absolute atomic E-state index is 12.0. The molecule has 0 radical (unpaired) electrons. The summed E-state index contributed by atoms with van der Waals surface area (Å²) >= 11 is 0. The Morgan fingerprint density at radius 1 is 1.39 bits per heavy atom. The number of aromatic hydroxyl groups is 1. The lowest BCUT2D eigenvalue weighted by Gasteiger charge is -2.20. The summed E-state index contributed by atoms with van der Waals surface area (Å²) in [5, 5.41) is 18.5. The summed E-state index contributed by atoms with van der Waals surface area (Å²) in [5.74, 6) is -2.08. The Bertz CT molecular complexity index is 470. The van der Waals surface area contributed by atoms with Crippen LogP contribution >= 0.6 is 0 Å². The minimum Gasteiger partial charge on any atom is -0.507 e. The molecule has 0 bridgehead atoms. The zero-order valence-electron chi connectivity index (χ0n) is 10.7. The van der Waals surface area contributed by atoms with E-state index in [1.807, 2.05) is 6.92 Å². The summed E-state index contributed by atoms with van der Waals surface area (Å²) in [4.78, 5) is 24.0. The third-order valence-corrected chi connectivity index (χ3v) is 2.70. The predicted molar refractivity (Wildman–Crippen MR) is 66.6 cm³/mol. The number of aliphatic carboxylic acids is 1. The molecule has 0 saturated heterocycles. The Labute approximate surface area is 106 Å². The van der Waals surface area contributed by atoms with E-state index in [0.29, 0.717) is 0 Å². The van der Waals surface area contributed by atoms with E-state index in [9.17, 15) is 14.7 Å². The number of amides is 1. The Kier molecular flexibility index (Phi) is 4.31. The van der Waals surface area contributed by atoms with Crippen molar-refractivity contribution in [2.24, 2.45) is 5.92 Å². The van der Waals surface area contributed by atoms with Crippen molar-refractivity contribution in [3.8, 4) is 5.75 Å². The van der Waals surface area contributed by atoms with Crippen LogP contribution in [-0.4, -0.2) is 40.6 Å². The van der Waals surface area contributed by atoms with Crippen molar-refractivity contribution >= 4 is 11.9 Å². The van der Waals surface area contributed by atoms with Gasteiger partial charge in [-0.25, -0.2) is 0 Å². The van der Waals surface area contributed by atoms with E-state index >= 15 is 0 Å². The fraction of sp³-hybridized carbons (Fsp3) is 0.385. The minimum atomic E-state index is -0.956. The number of carbonyl (C=O) groups excluding carboxylic acids is 1. The van der Waals surface area contributed by atoms with Crippen molar-refractivity contribution in [3.05, 3.63) is 29.3 Å². The van der Waals surface area contributed by atoms with Gasteiger partial charge in [0.2, 0.25) is 0 Å². The number of phenolic OH excluding ortho intramolecular Hbond substituents is 1. The van der Waals surface area contributed by atoms with Crippen molar-refractivity contribution in [2.75, 3.05) is 13.6 Å². The predicted octanol–water partition coefficient (Wildman–Crippen LogP) is 1.49. The van der Waals surface area contributed by atoms with Crippen molar-refractivity contribution in [1.82, 2.24) is 4.90 Å². The number of carboxylic acid groups (broad SMARTS) is 1. The molecule has 98 valence electrons. The zero-order chi connectivity index (χ0) is 13.9. The van der Waals surface area contributed by atoms with Crippen LogP contribution in [0.25, 0.3) is 0 Å². The van der Waals surface area contributed by atoms with Gasteiger partial charge in [-0.1, -0.05) is 13.0 Å². The summed E-state index contributed by atoms with van der Waals surface area (Å²) in [6, 6.07) is 4.76. The summed E-state index contributed by atoms with van der Waals surface area (Å²) < 4.78 is 0. The first-order valence-electron chi connectivity index (χ1n) is 5.60. The van der Waals surface area contributed by atoms with Gasteiger partial charge in [-0.2, -0.15) is 0 Å². The van der Waals surface area contributed by atoms with E-state index in [1.54, 1.807) is 6.07 Å². The second-order valence-electron chi connectivity index (χ2n) is 4.45. The van der Waals surface area contributed by atoms with E-state index in [1.165, 1.54) is 31.0 Å². The number of hydrogen-bond acceptors (Lipinski definition) is 3. The van der Waals surface area contributed by atoms with Crippen molar-refractivity contribution in [2.45, 2.75) is 13.8 Å². The van der Waals surface area contributed by atoms with Crippen LogP contribution in [0, 0.1) is 12.8 Å². The van der Waals surface area contributed by atoms with Gasteiger partial charge >= 0.3 is 5.97 Å². The lowest BCUT2D eigenvalue weighted by Crippen LogP contribution is -2.33. The molecule has 0 fully saturated rings. The first-order chi connectivity index (χ1) is 8.32. The standard InChI is InChI=1S/C13H17NO4/c1-8-4-5-10(11(15)6-8)12(16)14(3)7-9(2)13(17)18/h4-6,9,15H,7H2,1-3H3,(H,17,18). The zero-order valence-corrected chi connectivity index (χ0v) is 10.7. The van der Waals surface area contributed by atoms with Gasteiger partial charge in [0.1, 0.15) is 5.75 Å². The third-order valence-electron chi connectivity index (χ3n) is 2.70. The summed E-state index contributed by atoms with van der Waals surface area (Å²) in [6.07, 6.45) is 0.